The molecule has 0 aliphatic rings. The second-order valence-electron chi connectivity index (χ2n) is 4.34. The third-order valence-electron chi connectivity index (χ3n) is 2.78. The predicted molar refractivity (Wildman–Crippen MR) is 60.3 cm³/mol. The van der Waals surface area contributed by atoms with Crippen LogP contribution in [0.25, 0.3) is 0 Å². The first kappa shape index (κ1) is 19.8. The van der Waals surface area contributed by atoms with Gasteiger partial charge in [0, 0.05) is 0 Å². The summed E-state index contributed by atoms with van der Waals surface area (Å²) in [6.07, 6.45) is 0. The summed E-state index contributed by atoms with van der Waals surface area (Å²) < 4.78 is 158. The van der Waals surface area contributed by atoms with Crippen LogP contribution >= 0.6 is 0 Å². The van der Waals surface area contributed by atoms with Gasteiger partial charge in [-0.15, -0.1) is 0 Å². The van der Waals surface area contributed by atoms with Crippen LogP contribution in [0.1, 0.15) is 0 Å². The Balaban J connectivity index is 2.74. The zero-order chi connectivity index (χ0) is 20.1. The van der Waals surface area contributed by atoms with Gasteiger partial charge in [-0.3, -0.25) is 0 Å². The minimum Gasteiger partial charge on any atom is -0.372 e. The third kappa shape index (κ3) is 2.83. The van der Waals surface area contributed by atoms with E-state index in [1.165, 1.54) is 0 Å². The SMILES string of the molecule is O=S(=O)(Oc1c(F)c(F)c(F)c(F)c1F)c1c(F)c(F)c(F)c(F)c1F. The summed E-state index contributed by atoms with van der Waals surface area (Å²) in [5.41, 5.74) is 0. The first-order chi connectivity index (χ1) is 11.8. The Kier molecular flexibility index (Phi) is 4.83. The highest BCUT2D eigenvalue weighted by molar-refractivity contribution is 7.87. The maximum absolute atomic E-state index is 13.4. The molecule has 0 atom stereocenters. The fourth-order valence-electron chi connectivity index (χ4n) is 1.61. The van der Waals surface area contributed by atoms with Gasteiger partial charge in [-0.25, -0.2) is 35.1 Å². The first-order valence-electron chi connectivity index (χ1n) is 5.80. The first-order valence-corrected chi connectivity index (χ1v) is 7.21. The van der Waals surface area contributed by atoms with Crippen LogP contribution in [0, 0.1) is 58.2 Å². The molecule has 14 heteroatoms. The van der Waals surface area contributed by atoms with Crippen LogP contribution in [0.5, 0.6) is 5.75 Å². The Hall–Kier alpha value is -2.51. The van der Waals surface area contributed by atoms with E-state index in [0.29, 0.717) is 0 Å². The molecular formula is C12F10O3S. The van der Waals surface area contributed by atoms with Crippen molar-refractivity contribution in [3.8, 4) is 5.75 Å². The summed E-state index contributed by atoms with van der Waals surface area (Å²) in [6.45, 7) is 0. The third-order valence-corrected chi connectivity index (χ3v) is 4.03. The Morgan fingerprint density at radius 3 is 1.08 bits per heavy atom. The van der Waals surface area contributed by atoms with Crippen molar-refractivity contribution in [2.24, 2.45) is 0 Å². The van der Waals surface area contributed by atoms with Gasteiger partial charge in [-0.05, 0) is 0 Å². The van der Waals surface area contributed by atoms with Crippen LogP contribution in [-0.4, -0.2) is 8.42 Å². The molecule has 142 valence electrons. The highest BCUT2D eigenvalue weighted by atomic mass is 32.2. The average Bonchev–Trinajstić information content (AvgIpc) is 2.58. The molecule has 0 saturated carbocycles. The van der Waals surface area contributed by atoms with Crippen LogP contribution in [0.3, 0.4) is 0 Å². The van der Waals surface area contributed by atoms with Crippen LogP contribution in [0.2, 0.25) is 0 Å². The molecule has 3 nitrogen and oxygen atoms in total. The molecule has 0 spiro atoms. The molecule has 0 aliphatic heterocycles. The molecule has 0 aliphatic carbocycles. The normalized spacial score (nSPS) is 11.8. The van der Waals surface area contributed by atoms with E-state index in [9.17, 15) is 52.3 Å². The molecule has 2 aromatic rings. The van der Waals surface area contributed by atoms with Crippen LogP contribution < -0.4 is 4.18 Å². The lowest BCUT2D eigenvalue weighted by Gasteiger charge is -2.12. The minimum atomic E-state index is -6.26. The number of hydrogen-bond acceptors (Lipinski definition) is 3. The van der Waals surface area contributed by atoms with E-state index in [0.717, 1.165) is 0 Å². The maximum Gasteiger partial charge on any atom is 0.345 e. The highest BCUT2D eigenvalue weighted by Crippen LogP contribution is 2.33. The summed E-state index contributed by atoms with van der Waals surface area (Å²) in [5, 5.41) is 0. The molecule has 0 amide bonds. The number of hydrogen-bond donors (Lipinski definition) is 0. The van der Waals surface area contributed by atoms with Gasteiger partial charge in [0.05, 0.1) is 0 Å². The molecular weight excluding hydrogens is 414 g/mol. The van der Waals surface area contributed by atoms with E-state index >= 15 is 0 Å². The molecule has 26 heavy (non-hydrogen) atoms. The molecule has 0 fully saturated rings. The summed E-state index contributed by atoms with van der Waals surface area (Å²) in [5.74, 6) is -30.6. The van der Waals surface area contributed by atoms with Crippen molar-refractivity contribution in [2.75, 3.05) is 0 Å². The molecule has 2 aromatic carbocycles. The van der Waals surface area contributed by atoms with Gasteiger partial charge < -0.3 is 4.18 Å². The van der Waals surface area contributed by atoms with E-state index in [1.54, 1.807) is 0 Å². The maximum atomic E-state index is 13.4. The minimum absolute atomic E-state index is 2.54. The Morgan fingerprint density at radius 2 is 0.731 bits per heavy atom. The lowest BCUT2D eigenvalue weighted by molar-refractivity contribution is 0.337. The molecule has 0 unspecified atom stereocenters. The van der Waals surface area contributed by atoms with Gasteiger partial charge in [-0.2, -0.15) is 17.2 Å². The van der Waals surface area contributed by atoms with E-state index in [1.807, 2.05) is 0 Å². The van der Waals surface area contributed by atoms with E-state index in [4.69, 9.17) is 0 Å². The van der Waals surface area contributed by atoms with Crippen molar-refractivity contribution in [3.63, 3.8) is 0 Å². The smallest absolute Gasteiger partial charge is 0.345 e. The Morgan fingerprint density at radius 1 is 0.462 bits per heavy atom. The van der Waals surface area contributed by atoms with Crippen molar-refractivity contribution in [1.82, 2.24) is 0 Å². The van der Waals surface area contributed by atoms with Crippen molar-refractivity contribution in [1.29, 1.82) is 0 Å². The summed E-state index contributed by atoms with van der Waals surface area (Å²) in [7, 11) is -6.26. The second-order valence-corrected chi connectivity index (χ2v) is 5.82. The standard InChI is InChI=1S/C12F10O3S/c13-1-3(15)7(19)11(8(20)4(1)16)25-26(23,24)12-9(21)5(17)2(14)6(18)10(12)22. The Bertz CT molecular complexity index is 977. The van der Waals surface area contributed by atoms with Gasteiger partial charge in [0.25, 0.3) is 0 Å². The van der Waals surface area contributed by atoms with E-state index < -0.39 is 78.9 Å². The zero-order valence-corrected chi connectivity index (χ0v) is 12.2. The largest absolute Gasteiger partial charge is 0.372 e. The fraction of sp³-hybridized carbons (Fsp3) is 0. The monoisotopic (exact) mass is 414 g/mol. The highest BCUT2D eigenvalue weighted by Gasteiger charge is 2.37. The zero-order valence-electron chi connectivity index (χ0n) is 11.4. The Labute approximate surface area is 136 Å². The molecule has 0 aromatic heterocycles. The van der Waals surface area contributed by atoms with Crippen molar-refractivity contribution in [3.05, 3.63) is 58.2 Å². The van der Waals surface area contributed by atoms with Crippen LogP contribution in [0.4, 0.5) is 43.9 Å². The number of rotatable bonds is 3. The number of benzene rings is 2. The van der Waals surface area contributed by atoms with Gasteiger partial charge in [0.15, 0.2) is 28.2 Å². The lowest BCUT2D eigenvalue weighted by Crippen LogP contribution is -2.19. The molecule has 0 bridgehead atoms. The second kappa shape index (κ2) is 6.34. The predicted octanol–water partition coefficient (Wildman–Crippen LogP) is 3.85. The van der Waals surface area contributed by atoms with Gasteiger partial charge in [0.1, 0.15) is 0 Å². The number of halogens is 10. The fourth-order valence-corrected chi connectivity index (χ4v) is 2.68. The molecule has 2 rings (SSSR count). The molecule has 0 heterocycles. The van der Waals surface area contributed by atoms with E-state index in [-0.39, 0.29) is 0 Å². The van der Waals surface area contributed by atoms with Crippen molar-refractivity contribution >= 4 is 10.1 Å². The summed E-state index contributed by atoms with van der Waals surface area (Å²) in [6, 6.07) is 0. The molecule has 0 radical (unpaired) electrons. The van der Waals surface area contributed by atoms with Crippen LogP contribution in [0.15, 0.2) is 4.90 Å². The summed E-state index contributed by atoms with van der Waals surface area (Å²) >= 11 is 0. The van der Waals surface area contributed by atoms with Crippen molar-refractivity contribution in [2.45, 2.75) is 4.90 Å². The van der Waals surface area contributed by atoms with Gasteiger partial charge in [0.2, 0.25) is 40.7 Å². The van der Waals surface area contributed by atoms with Gasteiger partial charge >= 0.3 is 10.1 Å². The quantitative estimate of drug-likeness (QED) is 0.332. The molecule has 0 saturated heterocycles. The lowest BCUT2D eigenvalue weighted by atomic mass is 10.3. The van der Waals surface area contributed by atoms with Crippen LogP contribution in [-0.2, 0) is 10.1 Å². The summed E-state index contributed by atoms with van der Waals surface area (Å²) in [4.78, 5) is -2.70. The van der Waals surface area contributed by atoms with E-state index in [2.05, 4.69) is 4.18 Å². The molecule has 0 N–H and O–H groups in total. The average molecular weight is 414 g/mol. The van der Waals surface area contributed by atoms with Gasteiger partial charge in [-0.1, -0.05) is 0 Å². The van der Waals surface area contributed by atoms with Crippen molar-refractivity contribution < 1.29 is 56.5 Å². The topological polar surface area (TPSA) is 43.4 Å².